The predicted molar refractivity (Wildman–Crippen MR) is 111 cm³/mol. The molecule has 2 aromatic rings. The van der Waals surface area contributed by atoms with E-state index in [-0.39, 0.29) is 12.0 Å². The number of nitrogens with one attached hydrogen (secondary N) is 1. The molecule has 0 fully saturated rings. The highest BCUT2D eigenvalue weighted by molar-refractivity contribution is 5.71. The Kier molecular flexibility index (Phi) is 5.26. The lowest BCUT2D eigenvalue weighted by Gasteiger charge is -2.32. The Morgan fingerprint density at radius 2 is 1.70 bits per heavy atom. The molecule has 3 rings (SSSR count). The van der Waals surface area contributed by atoms with Gasteiger partial charge in [0.05, 0.1) is 6.04 Å². The number of hydrogen-bond donors (Lipinski definition) is 1. The fourth-order valence-corrected chi connectivity index (χ4v) is 3.36. The van der Waals surface area contributed by atoms with Crippen molar-refractivity contribution >= 4 is 17.9 Å². The zero-order chi connectivity index (χ0) is 19.6. The van der Waals surface area contributed by atoms with Crippen LogP contribution in [0.25, 0.3) is 6.08 Å². The first kappa shape index (κ1) is 19.0. The van der Waals surface area contributed by atoms with Crippen LogP contribution in [0, 0.1) is 0 Å². The zero-order valence-electron chi connectivity index (χ0n) is 16.7. The smallest absolute Gasteiger partial charge is 0.408 e. The number of hydrogen-bond acceptors (Lipinski definition) is 3. The Hall–Kier alpha value is -2.75. The van der Waals surface area contributed by atoms with E-state index in [9.17, 15) is 4.79 Å². The molecule has 0 aliphatic heterocycles. The molecule has 2 aromatic carbocycles. The molecule has 0 unspecified atom stereocenters. The molecule has 4 heteroatoms. The molecule has 0 spiro atoms. The van der Waals surface area contributed by atoms with Crippen LogP contribution in [0.1, 0.15) is 49.4 Å². The third-order valence-electron chi connectivity index (χ3n) is 4.64. The van der Waals surface area contributed by atoms with Crippen LogP contribution < -0.4 is 10.2 Å². The van der Waals surface area contributed by atoms with Crippen LogP contribution in [-0.4, -0.2) is 25.8 Å². The maximum absolute atomic E-state index is 12.5. The van der Waals surface area contributed by atoms with E-state index in [4.69, 9.17) is 4.74 Å². The molecule has 2 atom stereocenters. The number of carbonyl (C=O) groups excluding carboxylic acids is 1. The van der Waals surface area contributed by atoms with Crippen molar-refractivity contribution in [1.82, 2.24) is 5.32 Å². The van der Waals surface area contributed by atoms with Gasteiger partial charge in [0.1, 0.15) is 5.60 Å². The van der Waals surface area contributed by atoms with Crippen LogP contribution in [0.15, 0.2) is 54.6 Å². The second-order valence-corrected chi connectivity index (χ2v) is 8.12. The topological polar surface area (TPSA) is 41.6 Å². The standard InChI is InChI=1S/C23H28N2O2/c1-23(2,3)27-22(26)24-21-19-9-7-6-8-16(19)12-15-20(21)17-10-13-18(14-11-17)25(4)5/h6-15,20-21H,1-5H3,(H,24,26)/t20-,21-/m1/s1. The molecule has 0 aromatic heterocycles. The lowest BCUT2D eigenvalue weighted by molar-refractivity contribution is 0.0499. The number of rotatable bonds is 3. The second-order valence-electron chi connectivity index (χ2n) is 8.12. The number of anilines is 1. The van der Waals surface area contributed by atoms with Crippen molar-refractivity contribution in [1.29, 1.82) is 0 Å². The molecular formula is C23H28N2O2. The second kappa shape index (κ2) is 7.47. The summed E-state index contributed by atoms with van der Waals surface area (Å²) >= 11 is 0. The van der Waals surface area contributed by atoms with E-state index in [1.807, 2.05) is 47.0 Å². The molecule has 142 valence electrons. The fourth-order valence-electron chi connectivity index (χ4n) is 3.36. The summed E-state index contributed by atoms with van der Waals surface area (Å²) in [6, 6.07) is 16.5. The number of carbonyl (C=O) groups is 1. The highest BCUT2D eigenvalue weighted by Crippen LogP contribution is 2.39. The SMILES string of the molecule is CN(C)c1ccc([C@H]2C=Cc3ccccc3[C@H]2NC(=O)OC(C)(C)C)cc1. The minimum absolute atomic E-state index is 0.0450. The third kappa shape index (κ3) is 4.51. The van der Waals surface area contributed by atoms with Crippen LogP contribution in [0.2, 0.25) is 0 Å². The molecule has 0 saturated heterocycles. The van der Waals surface area contributed by atoms with Gasteiger partial charge < -0.3 is 15.0 Å². The molecule has 0 saturated carbocycles. The van der Waals surface area contributed by atoms with Crippen molar-refractivity contribution in [3.8, 4) is 0 Å². The molecule has 0 heterocycles. The van der Waals surface area contributed by atoms with Crippen LogP contribution in [0.4, 0.5) is 10.5 Å². The van der Waals surface area contributed by atoms with Gasteiger partial charge in [-0.3, -0.25) is 0 Å². The van der Waals surface area contributed by atoms with Crippen molar-refractivity contribution in [2.45, 2.75) is 38.3 Å². The van der Waals surface area contributed by atoms with Gasteiger partial charge in [0, 0.05) is 25.7 Å². The van der Waals surface area contributed by atoms with E-state index in [1.165, 1.54) is 0 Å². The molecule has 1 N–H and O–H groups in total. The minimum Gasteiger partial charge on any atom is -0.444 e. The Balaban J connectivity index is 1.93. The molecule has 27 heavy (non-hydrogen) atoms. The maximum Gasteiger partial charge on any atom is 0.408 e. The number of amides is 1. The van der Waals surface area contributed by atoms with E-state index >= 15 is 0 Å². The van der Waals surface area contributed by atoms with Crippen LogP contribution >= 0.6 is 0 Å². The van der Waals surface area contributed by atoms with Gasteiger partial charge in [0.25, 0.3) is 0 Å². The fraction of sp³-hybridized carbons (Fsp3) is 0.348. The van der Waals surface area contributed by atoms with E-state index in [0.29, 0.717) is 0 Å². The normalized spacial score (nSPS) is 18.6. The largest absolute Gasteiger partial charge is 0.444 e. The quantitative estimate of drug-likeness (QED) is 0.821. The summed E-state index contributed by atoms with van der Waals surface area (Å²) in [5, 5.41) is 3.09. The van der Waals surface area contributed by atoms with Gasteiger partial charge in [-0.15, -0.1) is 0 Å². The number of nitrogens with zero attached hydrogens (tertiary/aromatic N) is 1. The number of ether oxygens (including phenoxy) is 1. The first-order valence-corrected chi connectivity index (χ1v) is 9.28. The monoisotopic (exact) mass is 364 g/mol. The van der Waals surface area contributed by atoms with Crippen molar-refractivity contribution < 1.29 is 9.53 Å². The molecular weight excluding hydrogens is 336 g/mol. The maximum atomic E-state index is 12.5. The molecule has 1 aliphatic carbocycles. The molecule has 4 nitrogen and oxygen atoms in total. The molecule has 0 bridgehead atoms. The van der Waals surface area contributed by atoms with Crippen molar-refractivity contribution in [2.75, 3.05) is 19.0 Å². The predicted octanol–water partition coefficient (Wildman–Crippen LogP) is 5.13. The lowest BCUT2D eigenvalue weighted by atomic mass is 9.81. The van der Waals surface area contributed by atoms with E-state index < -0.39 is 11.7 Å². The van der Waals surface area contributed by atoms with Gasteiger partial charge in [-0.05, 0) is 49.6 Å². The Morgan fingerprint density at radius 3 is 2.33 bits per heavy atom. The number of alkyl carbamates (subject to hydrolysis) is 1. The van der Waals surface area contributed by atoms with Gasteiger partial charge in [0.2, 0.25) is 0 Å². The first-order valence-electron chi connectivity index (χ1n) is 9.28. The van der Waals surface area contributed by atoms with Crippen LogP contribution in [0.3, 0.4) is 0 Å². The summed E-state index contributed by atoms with van der Waals surface area (Å²) in [5.41, 5.74) is 4.01. The Morgan fingerprint density at radius 1 is 1.04 bits per heavy atom. The molecule has 1 aliphatic rings. The van der Waals surface area contributed by atoms with Crippen molar-refractivity contribution in [3.63, 3.8) is 0 Å². The molecule has 1 amide bonds. The number of fused-ring (bicyclic) bond motifs is 1. The third-order valence-corrected chi connectivity index (χ3v) is 4.64. The van der Waals surface area contributed by atoms with Gasteiger partial charge in [-0.1, -0.05) is 48.6 Å². The highest BCUT2D eigenvalue weighted by Gasteiger charge is 2.30. The van der Waals surface area contributed by atoms with E-state index in [1.54, 1.807) is 0 Å². The zero-order valence-corrected chi connectivity index (χ0v) is 16.7. The average molecular weight is 364 g/mol. The first-order chi connectivity index (χ1) is 12.7. The highest BCUT2D eigenvalue weighted by atomic mass is 16.6. The summed E-state index contributed by atoms with van der Waals surface area (Å²) in [6.07, 6.45) is 3.90. The van der Waals surface area contributed by atoms with Crippen molar-refractivity contribution in [3.05, 3.63) is 71.3 Å². The molecule has 0 radical (unpaired) electrons. The van der Waals surface area contributed by atoms with Gasteiger partial charge >= 0.3 is 6.09 Å². The number of benzene rings is 2. The Bertz CT molecular complexity index is 832. The van der Waals surface area contributed by atoms with Gasteiger partial charge in [-0.2, -0.15) is 0 Å². The lowest BCUT2D eigenvalue weighted by Crippen LogP contribution is -2.37. The van der Waals surface area contributed by atoms with E-state index in [2.05, 4.69) is 58.8 Å². The summed E-state index contributed by atoms with van der Waals surface area (Å²) in [5.74, 6) is 0.0450. The van der Waals surface area contributed by atoms with Crippen LogP contribution in [-0.2, 0) is 4.74 Å². The van der Waals surface area contributed by atoms with E-state index in [0.717, 1.165) is 22.4 Å². The van der Waals surface area contributed by atoms with Crippen LogP contribution in [0.5, 0.6) is 0 Å². The minimum atomic E-state index is -0.531. The van der Waals surface area contributed by atoms with Gasteiger partial charge in [0.15, 0.2) is 0 Å². The summed E-state index contributed by atoms with van der Waals surface area (Å²) < 4.78 is 5.51. The average Bonchev–Trinajstić information content (AvgIpc) is 2.60. The summed E-state index contributed by atoms with van der Waals surface area (Å²) in [6.45, 7) is 5.62. The Labute approximate surface area is 161 Å². The summed E-state index contributed by atoms with van der Waals surface area (Å²) in [7, 11) is 4.05. The summed E-state index contributed by atoms with van der Waals surface area (Å²) in [4.78, 5) is 14.6. The van der Waals surface area contributed by atoms with Crippen molar-refractivity contribution in [2.24, 2.45) is 0 Å². The van der Waals surface area contributed by atoms with Gasteiger partial charge in [-0.25, -0.2) is 4.79 Å².